The highest BCUT2D eigenvalue weighted by molar-refractivity contribution is 7.89. The molecule has 0 spiro atoms. The third kappa shape index (κ3) is 6.05. The van der Waals surface area contributed by atoms with Crippen molar-refractivity contribution in [2.24, 2.45) is 5.41 Å². The Morgan fingerprint density at radius 3 is 2.08 bits per heavy atom. The molecule has 0 aromatic carbocycles. The lowest BCUT2D eigenvalue weighted by Gasteiger charge is -2.23. The lowest BCUT2D eigenvalue weighted by Crippen LogP contribution is -2.37. The lowest BCUT2D eigenvalue weighted by atomic mass is 9.93. The quantitative estimate of drug-likeness (QED) is 0.746. The van der Waals surface area contributed by atoms with Gasteiger partial charge in [0.1, 0.15) is 0 Å². The Morgan fingerprint density at radius 2 is 1.77 bits per heavy atom. The van der Waals surface area contributed by atoms with Crippen molar-refractivity contribution in [3.63, 3.8) is 0 Å². The van der Waals surface area contributed by atoms with Crippen molar-refractivity contribution >= 4 is 10.0 Å². The molecule has 0 aliphatic carbocycles. The lowest BCUT2D eigenvalue weighted by molar-refractivity contribution is 0.394. The van der Waals surface area contributed by atoms with Gasteiger partial charge in [-0.2, -0.15) is 0 Å². The maximum atomic E-state index is 11.5. The van der Waals surface area contributed by atoms with Gasteiger partial charge in [-0.15, -0.1) is 0 Å². The minimum Gasteiger partial charge on any atom is -0.213 e. The van der Waals surface area contributed by atoms with Crippen LogP contribution in [0.15, 0.2) is 0 Å². The molecule has 0 heterocycles. The molecule has 0 unspecified atom stereocenters. The summed E-state index contributed by atoms with van der Waals surface area (Å²) in [5.41, 5.74) is -0.138. The van der Waals surface area contributed by atoms with Crippen LogP contribution in [-0.2, 0) is 10.0 Å². The molecule has 0 aromatic rings. The van der Waals surface area contributed by atoms with Crippen molar-refractivity contribution in [1.29, 1.82) is 0 Å². The monoisotopic (exact) mass is 207 g/mol. The second-order valence-corrected chi connectivity index (χ2v) is 6.30. The average Bonchev–Trinajstić information content (AvgIpc) is 1.81. The van der Waals surface area contributed by atoms with Crippen LogP contribution in [0.2, 0.25) is 0 Å². The minimum absolute atomic E-state index is 0.0161. The summed E-state index contributed by atoms with van der Waals surface area (Å²) in [7, 11) is -3.10. The van der Waals surface area contributed by atoms with E-state index in [4.69, 9.17) is 0 Å². The molecule has 13 heavy (non-hydrogen) atoms. The molecular formula is C9H21NO2S. The van der Waals surface area contributed by atoms with Gasteiger partial charge >= 0.3 is 0 Å². The van der Waals surface area contributed by atoms with Crippen LogP contribution < -0.4 is 4.72 Å². The number of hydrogen-bond donors (Lipinski definition) is 1. The van der Waals surface area contributed by atoms with Crippen molar-refractivity contribution in [1.82, 2.24) is 4.72 Å². The molecule has 1 N–H and O–H groups in total. The first-order chi connectivity index (χ1) is 5.68. The van der Waals surface area contributed by atoms with Crippen molar-refractivity contribution in [3.05, 3.63) is 0 Å². The molecule has 0 fully saturated rings. The van der Waals surface area contributed by atoms with Crippen LogP contribution in [0.3, 0.4) is 0 Å². The zero-order chi connectivity index (χ0) is 10.7. The van der Waals surface area contributed by atoms with Gasteiger partial charge in [-0.25, -0.2) is 13.1 Å². The molecule has 0 aromatic heterocycles. The van der Waals surface area contributed by atoms with Crippen LogP contribution >= 0.6 is 0 Å². The van der Waals surface area contributed by atoms with Crippen molar-refractivity contribution in [2.45, 2.75) is 47.1 Å². The molecule has 0 bridgehead atoms. The first-order valence-corrected chi connectivity index (χ1v) is 6.34. The van der Waals surface area contributed by atoms with Gasteiger partial charge in [-0.3, -0.25) is 0 Å². The van der Waals surface area contributed by atoms with E-state index in [1.165, 1.54) is 0 Å². The van der Waals surface area contributed by atoms with Crippen LogP contribution in [0.4, 0.5) is 0 Å². The fourth-order valence-corrected chi connectivity index (χ4v) is 3.05. The van der Waals surface area contributed by atoms with Gasteiger partial charge in [0.25, 0.3) is 0 Å². The molecule has 0 rings (SSSR count). The summed E-state index contributed by atoms with van der Waals surface area (Å²) in [6, 6.07) is -0.0161. The number of nitrogens with one attached hydrogen (secondary N) is 1. The molecule has 0 atom stereocenters. The van der Waals surface area contributed by atoms with E-state index < -0.39 is 10.0 Å². The Hall–Kier alpha value is -0.0900. The van der Waals surface area contributed by atoms with Gasteiger partial charge < -0.3 is 0 Å². The molecule has 0 aliphatic heterocycles. The maximum absolute atomic E-state index is 11.5. The van der Waals surface area contributed by atoms with Crippen molar-refractivity contribution in [2.75, 3.05) is 5.75 Å². The average molecular weight is 207 g/mol. The molecule has 3 nitrogen and oxygen atoms in total. The van der Waals surface area contributed by atoms with E-state index in [1.54, 1.807) is 0 Å². The molecule has 0 aliphatic rings. The van der Waals surface area contributed by atoms with Gasteiger partial charge in [0.05, 0.1) is 5.75 Å². The first kappa shape index (κ1) is 12.9. The second-order valence-electron chi connectivity index (χ2n) is 4.55. The molecule has 0 amide bonds. The Morgan fingerprint density at radius 1 is 1.31 bits per heavy atom. The first-order valence-electron chi connectivity index (χ1n) is 4.68. The topological polar surface area (TPSA) is 46.2 Å². The zero-order valence-electron chi connectivity index (χ0n) is 9.22. The van der Waals surface area contributed by atoms with Crippen LogP contribution in [0.1, 0.15) is 41.0 Å². The Kier molecular flexibility index (Phi) is 4.39. The predicted molar refractivity (Wildman–Crippen MR) is 56.1 cm³/mol. The minimum atomic E-state index is -3.10. The van der Waals surface area contributed by atoms with Gasteiger partial charge in [0.15, 0.2) is 0 Å². The van der Waals surface area contributed by atoms with E-state index in [0.29, 0.717) is 0 Å². The summed E-state index contributed by atoms with van der Waals surface area (Å²) in [6.45, 7) is 9.59. The summed E-state index contributed by atoms with van der Waals surface area (Å²) >= 11 is 0. The number of hydrogen-bond acceptors (Lipinski definition) is 2. The Labute approximate surface area is 82.0 Å². The highest BCUT2D eigenvalue weighted by atomic mass is 32.2. The van der Waals surface area contributed by atoms with E-state index >= 15 is 0 Å². The summed E-state index contributed by atoms with van der Waals surface area (Å²) in [6.07, 6.45) is 0.867. The number of rotatable bonds is 5. The molecule has 0 radical (unpaired) electrons. The highest BCUT2D eigenvalue weighted by Crippen LogP contribution is 2.21. The van der Waals surface area contributed by atoms with Crippen LogP contribution in [-0.4, -0.2) is 20.2 Å². The van der Waals surface area contributed by atoms with E-state index in [9.17, 15) is 8.42 Å². The van der Waals surface area contributed by atoms with Crippen LogP contribution in [0.25, 0.3) is 0 Å². The fourth-order valence-electron chi connectivity index (χ4n) is 1.02. The molecule has 4 heteroatoms. The van der Waals surface area contributed by atoms with Crippen molar-refractivity contribution in [3.8, 4) is 0 Å². The molecular weight excluding hydrogens is 186 g/mol. The molecule has 80 valence electrons. The third-order valence-electron chi connectivity index (χ3n) is 1.95. The second kappa shape index (κ2) is 4.42. The molecule has 0 saturated carbocycles. The van der Waals surface area contributed by atoms with Gasteiger partial charge in [0, 0.05) is 6.04 Å². The predicted octanol–water partition coefficient (Wildman–Crippen LogP) is 1.75. The highest BCUT2D eigenvalue weighted by Gasteiger charge is 2.24. The number of sulfonamides is 1. The fraction of sp³-hybridized carbons (Fsp3) is 1.00. The normalized spacial score (nSPS) is 13.7. The van der Waals surface area contributed by atoms with E-state index in [0.717, 1.165) is 6.42 Å². The summed E-state index contributed by atoms with van der Waals surface area (Å²) in [5.74, 6) is 0.203. The summed E-state index contributed by atoms with van der Waals surface area (Å²) < 4.78 is 25.6. The summed E-state index contributed by atoms with van der Waals surface area (Å²) in [4.78, 5) is 0. The van der Waals surface area contributed by atoms with Crippen LogP contribution in [0, 0.1) is 5.41 Å². The van der Waals surface area contributed by atoms with Gasteiger partial charge in [-0.1, -0.05) is 20.8 Å². The van der Waals surface area contributed by atoms with Crippen LogP contribution in [0.5, 0.6) is 0 Å². The van der Waals surface area contributed by atoms with E-state index in [2.05, 4.69) is 4.72 Å². The van der Waals surface area contributed by atoms with Crippen molar-refractivity contribution < 1.29 is 8.42 Å². The van der Waals surface area contributed by atoms with Gasteiger partial charge in [0.2, 0.25) is 10.0 Å². The third-order valence-corrected chi connectivity index (χ3v) is 3.95. The summed E-state index contributed by atoms with van der Waals surface area (Å²) in [5, 5.41) is 0. The molecule has 0 saturated heterocycles. The Balaban J connectivity index is 4.35. The zero-order valence-corrected chi connectivity index (χ0v) is 10.0. The smallest absolute Gasteiger partial charge is 0.212 e. The Bertz CT molecular complexity index is 242. The van der Waals surface area contributed by atoms with Gasteiger partial charge in [-0.05, 0) is 25.7 Å². The standard InChI is InChI=1S/C9H21NO2S/c1-6-9(4,5)7-13(11,12)10-8(2)3/h8,10H,6-7H2,1-5H3. The van der Waals surface area contributed by atoms with E-state index in [1.807, 2.05) is 34.6 Å². The largest absolute Gasteiger partial charge is 0.213 e. The SMILES string of the molecule is CCC(C)(C)CS(=O)(=O)NC(C)C. The van der Waals surface area contributed by atoms with E-state index in [-0.39, 0.29) is 17.2 Å². The maximum Gasteiger partial charge on any atom is 0.212 e.